The van der Waals surface area contributed by atoms with Gasteiger partial charge in [0, 0.05) is 33.0 Å². The lowest BCUT2D eigenvalue weighted by Crippen LogP contribution is -2.53. The van der Waals surface area contributed by atoms with Gasteiger partial charge in [0.2, 0.25) is 11.7 Å². The zero-order chi connectivity index (χ0) is 31.6. The van der Waals surface area contributed by atoms with Gasteiger partial charge in [-0.05, 0) is 56.8 Å². The van der Waals surface area contributed by atoms with Gasteiger partial charge in [-0.15, -0.1) is 0 Å². The number of fused-ring (bicyclic) bond motifs is 19. The Hall–Kier alpha value is -5.32. The molecule has 2 aliphatic rings. The lowest BCUT2D eigenvalue weighted by molar-refractivity contribution is -0.708. The molecule has 0 fully saturated rings. The molecule has 2 aliphatic heterocycles. The summed E-state index contributed by atoms with van der Waals surface area (Å²) in [5.41, 5.74) is 8.76. The molecule has 0 bridgehead atoms. The van der Waals surface area contributed by atoms with Crippen LogP contribution in [0.2, 0.25) is 19.6 Å². The average molecular weight is 622 g/mol. The number of hydrogen-bond donors (Lipinski definition) is 0. The van der Waals surface area contributed by atoms with E-state index in [2.05, 4.69) is 146 Å². The Morgan fingerprint density at radius 2 is 1.28 bits per heavy atom. The highest BCUT2D eigenvalue weighted by Gasteiger charge is 2.46. The van der Waals surface area contributed by atoms with Crippen molar-refractivity contribution in [2.45, 2.75) is 31.7 Å². The van der Waals surface area contributed by atoms with Crippen LogP contribution in [0.15, 0.2) is 137 Å². The Morgan fingerprint density at radius 3 is 2.02 bits per heavy atom. The quantitative estimate of drug-likeness (QED) is 0.107. The van der Waals surface area contributed by atoms with Crippen molar-refractivity contribution < 1.29 is 8.98 Å². The van der Waals surface area contributed by atoms with E-state index in [4.69, 9.17) is 9.41 Å². The van der Waals surface area contributed by atoms with E-state index in [-0.39, 0.29) is 12.1 Å². The van der Waals surface area contributed by atoms with Crippen molar-refractivity contribution in [1.29, 1.82) is 0 Å². The molecule has 224 valence electrons. The van der Waals surface area contributed by atoms with E-state index in [1.165, 1.54) is 59.9 Å². The lowest BCUT2D eigenvalue weighted by atomic mass is 9.80. The van der Waals surface area contributed by atoms with Crippen molar-refractivity contribution in [3.05, 3.63) is 145 Å². The molecule has 2 aromatic heterocycles. The summed E-state index contributed by atoms with van der Waals surface area (Å²) in [7, 11) is -1.58. The van der Waals surface area contributed by atoms with Gasteiger partial charge in [-0.3, -0.25) is 4.99 Å². The number of hydrogen-bond acceptors (Lipinski definition) is 2. The first-order valence-corrected chi connectivity index (χ1v) is 20.0. The second-order valence-electron chi connectivity index (χ2n) is 14.1. The molecule has 47 heavy (non-hydrogen) atoms. The van der Waals surface area contributed by atoms with Crippen LogP contribution in [-0.4, -0.2) is 13.8 Å². The fourth-order valence-corrected chi connectivity index (χ4v) is 9.48. The second kappa shape index (κ2) is 9.37. The molecular formula is C43H33N2OSi+. The highest BCUT2D eigenvalue weighted by molar-refractivity contribution is 6.88. The highest BCUT2D eigenvalue weighted by Crippen LogP contribution is 2.49. The van der Waals surface area contributed by atoms with E-state index in [0.717, 1.165) is 33.2 Å². The summed E-state index contributed by atoms with van der Waals surface area (Å²) in [4.78, 5) is 5.50. The van der Waals surface area contributed by atoms with Crippen LogP contribution >= 0.6 is 0 Å². The van der Waals surface area contributed by atoms with Crippen molar-refractivity contribution in [1.82, 2.24) is 0 Å². The summed E-state index contributed by atoms with van der Waals surface area (Å²) < 4.78 is 9.64. The molecule has 0 N–H and O–H groups in total. The summed E-state index contributed by atoms with van der Waals surface area (Å²) in [6.45, 7) is 11.5. The molecule has 2 unspecified atom stereocenters. The normalized spacial score (nSPS) is 17.0. The topological polar surface area (TPSA) is 29.4 Å². The van der Waals surface area contributed by atoms with Crippen LogP contribution < -0.4 is 9.75 Å². The zero-order valence-corrected chi connectivity index (χ0v) is 27.7. The summed E-state index contributed by atoms with van der Waals surface area (Å²) in [6.07, 6.45) is 4.34. The van der Waals surface area contributed by atoms with Crippen LogP contribution in [0.4, 0.5) is 0 Å². The summed E-state index contributed by atoms with van der Waals surface area (Å²) in [6, 6.07) is 40.0. The maximum absolute atomic E-state index is 7.14. The maximum atomic E-state index is 7.14. The number of nitrogens with zero attached hydrogens (tertiary/aromatic N) is 2. The minimum atomic E-state index is -1.58. The standard InChI is InChI=1S/C43H33N2OSi/c1-5-36-39-35(41-40(44-36)32-17-11-9-15-29(32)37-23-18-25(24-45(37)41)47(2,3)4)22-21-34-33-20-19-31-28-14-7-6-12-26(28)27-13-8-10-16-30(27)38(31)42(33)46-43(34)39/h5-24,40-41H,1H2,2-4H3/q+1. The number of aromatic nitrogens is 1. The number of pyridine rings is 1. The molecule has 8 aromatic rings. The minimum absolute atomic E-state index is 0.00836. The fraction of sp³-hybridized carbons (Fsp3) is 0.116. The Bertz CT molecular complexity index is 2670. The van der Waals surface area contributed by atoms with Gasteiger partial charge in [0.25, 0.3) is 0 Å². The van der Waals surface area contributed by atoms with E-state index in [1.807, 2.05) is 6.08 Å². The van der Waals surface area contributed by atoms with Crippen LogP contribution in [-0.2, 0) is 0 Å². The fourth-order valence-electron chi connectivity index (χ4n) is 8.37. The van der Waals surface area contributed by atoms with E-state index < -0.39 is 8.07 Å². The van der Waals surface area contributed by atoms with Crippen molar-refractivity contribution in [2.24, 2.45) is 4.99 Å². The third kappa shape index (κ3) is 3.56. The molecule has 0 amide bonds. The summed E-state index contributed by atoms with van der Waals surface area (Å²) in [5, 5.41) is 11.0. The first-order valence-electron chi connectivity index (χ1n) is 16.5. The van der Waals surface area contributed by atoms with Gasteiger partial charge >= 0.3 is 0 Å². The Morgan fingerprint density at radius 1 is 0.660 bits per heavy atom. The van der Waals surface area contributed by atoms with E-state index in [1.54, 1.807) is 0 Å². The first-order chi connectivity index (χ1) is 22.9. The molecule has 0 saturated heterocycles. The number of aliphatic imine (C=N–C) groups is 1. The number of rotatable bonds is 2. The molecule has 0 saturated carbocycles. The molecule has 0 aliphatic carbocycles. The van der Waals surface area contributed by atoms with Gasteiger partial charge in [-0.2, -0.15) is 4.57 Å². The molecule has 6 aromatic carbocycles. The number of benzene rings is 6. The van der Waals surface area contributed by atoms with Gasteiger partial charge in [0.15, 0.2) is 6.20 Å². The Balaban J connectivity index is 1.32. The van der Waals surface area contributed by atoms with Gasteiger partial charge in [0.05, 0.1) is 24.9 Å². The Labute approximate surface area is 274 Å². The molecular weight excluding hydrogens is 589 g/mol. The third-order valence-electron chi connectivity index (χ3n) is 10.6. The van der Waals surface area contributed by atoms with Gasteiger partial charge in [-0.1, -0.05) is 111 Å². The van der Waals surface area contributed by atoms with Crippen LogP contribution in [0, 0.1) is 0 Å². The third-order valence-corrected chi connectivity index (χ3v) is 12.6. The van der Waals surface area contributed by atoms with Crippen LogP contribution in [0.5, 0.6) is 0 Å². The predicted molar refractivity (Wildman–Crippen MR) is 199 cm³/mol. The van der Waals surface area contributed by atoms with Crippen molar-refractivity contribution in [3.8, 4) is 11.3 Å². The minimum Gasteiger partial charge on any atom is -0.455 e. The first kappa shape index (κ1) is 26.9. The number of furan rings is 1. The summed E-state index contributed by atoms with van der Waals surface area (Å²) in [5.74, 6) is 0. The van der Waals surface area contributed by atoms with Gasteiger partial charge in [-0.25, -0.2) is 0 Å². The largest absolute Gasteiger partial charge is 0.455 e. The van der Waals surface area contributed by atoms with E-state index in [9.17, 15) is 0 Å². The van der Waals surface area contributed by atoms with Crippen LogP contribution in [0.3, 0.4) is 0 Å². The number of allylic oxidation sites excluding steroid dienone is 1. The Kier molecular flexibility index (Phi) is 5.35. The van der Waals surface area contributed by atoms with Crippen molar-refractivity contribution >= 4 is 73.2 Å². The lowest BCUT2D eigenvalue weighted by Gasteiger charge is -2.33. The SMILES string of the molecule is C=CC1=NC2c3ccccc3-c3ccc([Si](C)(C)C)c[n+]3C2c2ccc3c(oc4c3ccc3c5ccccc5c5ccccc5c34)c21. The molecule has 0 spiro atoms. The molecule has 2 atom stereocenters. The molecule has 0 radical (unpaired) electrons. The van der Waals surface area contributed by atoms with E-state index in [0.29, 0.717) is 0 Å². The maximum Gasteiger partial charge on any atom is 0.213 e. The van der Waals surface area contributed by atoms with Crippen molar-refractivity contribution in [2.75, 3.05) is 0 Å². The van der Waals surface area contributed by atoms with Gasteiger partial charge < -0.3 is 4.42 Å². The molecule has 10 rings (SSSR count). The summed E-state index contributed by atoms with van der Waals surface area (Å²) >= 11 is 0. The zero-order valence-electron chi connectivity index (χ0n) is 26.7. The smallest absolute Gasteiger partial charge is 0.213 e. The van der Waals surface area contributed by atoms with Gasteiger partial charge in [0.1, 0.15) is 17.2 Å². The average Bonchev–Trinajstić information content (AvgIpc) is 3.49. The van der Waals surface area contributed by atoms with Crippen LogP contribution in [0.25, 0.3) is 65.5 Å². The van der Waals surface area contributed by atoms with E-state index >= 15 is 0 Å². The second-order valence-corrected chi connectivity index (χ2v) is 19.2. The van der Waals surface area contributed by atoms with Crippen LogP contribution in [0.1, 0.15) is 28.8 Å². The molecule has 3 nitrogen and oxygen atoms in total. The molecule has 4 heteroatoms. The monoisotopic (exact) mass is 621 g/mol. The highest BCUT2D eigenvalue weighted by atomic mass is 28.3. The molecule has 4 heterocycles. The van der Waals surface area contributed by atoms with Crippen molar-refractivity contribution in [3.63, 3.8) is 0 Å². The predicted octanol–water partition coefficient (Wildman–Crippen LogP) is 10.2.